The molecule has 1 aliphatic heterocycles. The van der Waals surface area contributed by atoms with Crippen molar-refractivity contribution in [3.05, 3.63) is 28.3 Å². The maximum atomic E-state index is 6.26. The summed E-state index contributed by atoms with van der Waals surface area (Å²) in [7, 11) is 0. The number of benzene rings is 1. The smallest absolute Gasteiger partial charge is 0.141 e. The van der Waals surface area contributed by atoms with Gasteiger partial charge < -0.3 is 9.47 Å². The van der Waals surface area contributed by atoms with E-state index in [0.29, 0.717) is 6.61 Å². The van der Waals surface area contributed by atoms with E-state index in [4.69, 9.17) is 21.1 Å². The van der Waals surface area contributed by atoms with Crippen LogP contribution >= 0.6 is 11.6 Å². The van der Waals surface area contributed by atoms with Gasteiger partial charge in [0.05, 0.1) is 18.2 Å². The number of hydrogen-bond donors (Lipinski definition) is 0. The van der Waals surface area contributed by atoms with E-state index < -0.39 is 0 Å². The molecule has 0 aromatic heterocycles. The third-order valence-corrected chi connectivity index (χ3v) is 3.71. The summed E-state index contributed by atoms with van der Waals surface area (Å²) in [5.74, 6) is 0.824. The molecule has 4 heteroatoms. The van der Waals surface area contributed by atoms with Gasteiger partial charge >= 0.3 is 0 Å². The number of morpholine rings is 1. The molecule has 0 bridgehead atoms. The van der Waals surface area contributed by atoms with Crippen molar-refractivity contribution in [1.82, 2.24) is 4.90 Å². The van der Waals surface area contributed by atoms with Gasteiger partial charge in [-0.3, -0.25) is 4.90 Å². The van der Waals surface area contributed by atoms with E-state index in [1.165, 1.54) is 0 Å². The van der Waals surface area contributed by atoms with Gasteiger partial charge in [0, 0.05) is 19.6 Å². The first-order valence-electron chi connectivity index (χ1n) is 6.37. The fourth-order valence-electron chi connectivity index (χ4n) is 2.03. The van der Waals surface area contributed by atoms with Crippen LogP contribution in [0.3, 0.4) is 0 Å². The minimum absolute atomic E-state index is 0.671. The lowest BCUT2D eigenvalue weighted by atomic mass is 10.1. The van der Waals surface area contributed by atoms with Gasteiger partial charge in [0.2, 0.25) is 0 Å². The molecule has 0 atom stereocenters. The number of rotatable bonds is 4. The molecule has 0 unspecified atom stereocenters. The quantitative estimate of drug-likeness (QED) is 0.839. The maximum absolute atomic E-state index is 6.26. The summed E-state index contributed by atoms with van der Waals surface area (Å²) in [6, 6.07) is 4.07. The molecule has 1 fully saturated rings. The van der Waals surface area contributed by atoms with Crippen LogP contribution in [0.25, 0.3) is 0 Å². The van der Waals surface area contributed by atoms with Gasteiger partial charge in [-0.25, -0.2) is 0 Å². The standard InChI is InChI=1S/C14H20ClNO2/c1-11-3-4-12(2)14(13(11)15)18-10-7-16-5-8-17-9-6-16/h3-4H,5-10H2,1-2H3. The number of halogens is 1. The number of aryl methyl sites for hydroxylation is 2. The summed E-state index contributed by atoms with van der Waals surface area (Å²) < 4.78 is 11.2. The van der Waals surface area contributed by atoms with E-state index >= 15 is 0 Å². The molecule has 0 N–H and O–H groups in total. The predicted octanol–water partition coefficient (Wildman–Crippen LogP) is 2.67. The normalized spacial score (nSPS) is 16.8. The second kappa shape index (κ2) is 6.41. The molecule has 18 heavy (non-hydrogen) atoms. The van der Waals surface area contributed by atoms with E-state index in [2.05, 4.69) is 4.90 Å². The van der Waals surface area contributed by atoms with Crippen molar-refractivity contribution in [1.29, 1.82) is 0 Å². The summed E-state index contributed by atoms with van der Waals surface area (Å²) in [5.41, 5.74) is 2.15. The average molecular weight is 270 g/mol. The molecule has 100 valence electrons. The Hall–Kier alpha value is -0.770. The molecular weight excluding hydrogens is 250 g/mol. The van der Waals surface area contributed by atoms with Crippen molar-refractivity contribution in [2.45, 2.75) is 13.8 Å². The van der Waals surface area contributed by atoms with Crippen molar-refractivity contribution < 1.29 is 9.47 Å². The lowest BCUT2D eigenvalue weighted by Gasteiger charge is -2.26. The van der Waals surface area contributed by atoms with Crippen molar-refractivity contribution in [2.75, 3.05) is 39.5 Å². The Morgan fingerprint density at radius 1 is 1.22 bits per heavy atom. The van der Waals surface area contributed by atoms with Gasteiger partial charge in [-0.15, -0.1) is 0 Å². The first-order chi connectivity index (χ1) is 8.68. The predicted molar refractivity (Wildman–Crippen MR) is 73.7 cm³/mol. The first-order valence-corrected chi connectivity index (χ1v) is 6.75. The van der Waals surface area contributed by atoms with E-state index in [1.54, 1.807) is 0 Å². The zero-order valence-electron chi connectivity index (χ0n) is 11.0. The van der Waals surface area contributed by atoms with E-state index in [-0.39, 0.29) is 0 Å². The molecule has 3 nitrogen and oxygen atoms in total. The molecule has 0 saturated carbocycles. The lowest BCUT2D eigenvalue weighted by Crippen LogP contribution is -2.38. The van der Waals surface area contributed by atoms with Crippen LogP contribution < -0.4 is 4.74 Å². The molecule has 0 amide bonds. The van der Waals surface area contributed by atoms with Gasteiger partial charge in [-0.2, -0.15) is 0 Å². The Morgan fingerprint density at radius 3 is 2.61 bits per heavy atom. The Morgan fingerprint density at radius 2 is 1.89 bits per heavy atom. The van der Waals surface area contributed by atoms with Crippen LogP contribution in [0.4, 0.5) is 0 Å². The van der Waals surface area contributed by atoms with Crippen LogP contribution in [-0.2, 0) is 4.74 Å². The van der Waals surface area contributed by atoms with E-state index in [1.807, 2.05) is 26.0 Å². The van der Waals surface area contributed by atoms with Gasteiger partial charge in [0.25, 0.3) is 0 Å². The lowest BCUT2D eigenvalue weighted by molar-refractivity contribution is 0.0322. The highest BCUT2D eigenvalue weighted by Gasteiger charge is 2.12. The number of ether oxygens (including phenoxy) is 2. The summed E-state index contributed by atoms with van der Waals surface area (Å²) in [6.07, 6.45) is 0. The fraction of sp³-hybridized carbons (Fsp3) is 0.571. The van der Waals surface area contributed by atoms with Crippen molar-refractivity contribution in [3.8, 4) is 5.75 Å². The molecule has 0 radical (unpaired) electrons. The number of hydrogen-bond acceptors (Lipinski definition) is 3. The highest BCUT2D eigenvalue weighted by molar-refractivity contribution is 6.32. The highest BCUT2D eigenvalue weighted by Crippen LogP contribution is 2.31. The van der Waals surface area contributed by atoms with Crippen molar-refractivity contribution in [3.63, 3.8) is 0 Å². The Kier molecular flexibility index (Phi) is 4.87. The maximum Gasteiger partial charge on any atom is 0.141 e. The topological polar surface area (TPSA) is 21.7 Å². The summed E-state index contributed by atoms with van der Waals surface area (Å²) in [6.45, 7) is 9.24. The van der Waals surface area contributed by atoms with Crippen molar-refractivity contribution in [2.24, 2.45) is 0 Å². The van der Waals surface area contributed by atoms with Gasteiger partial charge in [-0.1, -0.05) is 23.7 Å². The third-order valence-electron chi connectivity index (χ3n) is 3.24. The summed E-state index contributed by atoms with van der Waals surface area (Å²) in [5, 5.41) is 0.733. The molecule has 0 aliphatic carbocycles. The Balaban J connectivity index is 1.88. The average Bonchev–Trinajstić information content (AvgIpc) is 2.39. The molecule has 0 spiro atoms. The van der Waals surface area contributed by atoms with E-state index in [0.717, 1.165) is 54.7 Å². The molecule has 1 heterocycles. The van der Waals surface area contributed by atoms with E-state index in [9.17, 15) is 0 Å². The van der Waals surface area contributed by atoms with Gasteiger partial charge in [0.15, 0.2) is 0 Å². The Labute approximate surface area is 114 Å². The molecule has 1 saturated heterocycles. The molecule has 1 aromatic rings. The van der Waals surface area contributed by atoms with Gasteiger partial charge in [0.1, 0.15) is 12.4 Å². The Bertz CT molecular complexity index is 403. The van der Waals surface area contributed by atoms with Gasteiger partial charge in [-0.05, 0) is 25.0 Å². The number of nitrogens with zero attached hydrogens (tertiary/aromatic N) is 1. The monoisotopic (exact) mass is 269 g/mol. The van der Waals surface area contributed by atoms with Crippen LogP contribution in [0.1, 0.15) is 11.1 Å². The van der Waals surface area contributed by atoms with Crippen LogP contribution in [0.5, 0.6) is 5.75 Å². The van der Waals surface area contributed by atoms with Crippen LogP contribution in [0, 0.1) is 13.8 Å². The molecular formula is C14H20ClNO2. The SMILES string of the molecule is Cc1ccc(C)c(OCCN2CCOCC2)c1Cl. The molecule has 1 aromatic carbocycles. The molecule has 1 aliphatic rings. The second-order valence-electron chi connectivity index (χ2n) is 4.64. The third kappa shape index (κ3) is 3.37. The first kappa shape index (κ1) is 13.7. The zero-order valence-corrected chi connectivity index (χ0v) is 11.8. The summed E-state index contributed by atoms with van der Waals surface area (Å²) >= 11 is 6.26. The largest absolute Gasteiger partial charge is 0.490 e. The van der Waals surface area contributed by atoms with Crippen molar-refractivity contribution >= 4 is 11.6 Å². The minimum atomic E-state index is 0.671. The zero-order chi connectivity index (χ0) is 13.0. The molecule has 2 rings (SSSR count). The van der Waals surface area contributed by atoms with Crippen LogP contribution in [-0.4, -0.2) is 44.4 Å². The summed E-state index contributed by atoms with van der Waals surface area (Å²) in [4.78, 5) is 2.35. The van der Waals surface area contributed by atoms with Crippen LogP contribution in [0.2, 0.25) is 5.02 Å². The fourth-order valence-corrected chi connectivity index (χ4v) is 2.30. The second-order valence-corrected chi connectivity index (χ2v) is 5.02. The minimum Gasteiger partial charge on any atom is -0.490 e. The van der Waals surface area contributed by atoms with Crippen LogP contribution in [0.15, 0.2) is 12.1 Å². The highest BCUT2D eigenvalue weighted by atomic mass is 35.5.